The maximum absolute atomic E-state index is 13.3. The molecule has 2 heterocycles. The van der Waals surface area contributed by atoms with Crippen molar-refractivity contribution < 1.29 is 28.8 Å². The van der Waals surface area contributed by atoms with Gasteiger partial charge in [0.05, 0.1) is 39.2 Å². The molecule has 228 valence electrons. The van der Waals surface area contributed by atoms with Crippen LogP contribution in [0.4, 0.5) is 11.4 Å². The van der Waals surface area contributed by atoms with Crippen molar-refractivity contribution in [3.8, 4) is 11.3 Å². The predicted octanol–water partition coefficient (Wildman–Crippen LogP) is 7.08. The first-order valence-corrected chi connectivity index (χ1v) is 15.0. The van der Waals surface area contributed by atoms with Crippen LogP contribution in [0.5, 0.6) is 0 Å². The second kappa shape index (κ2) is 12.0. The Labute approximate surface area is 267 Å². The second-order valence-corrected chi connectivity index (χ2v) is 12.2. The lowest BCUT2D eigenvalue weighted by Crippen LogP contribution is -2.30. The van der Waals surface area contributed by atoms with Crippen molar-refractivity contribution in [3.05, 3.63) is 98.0 Å². The van der Waals surface area contributed by atoms with E-state index in [1.54, 1.807) is 42.5 Å². The van der Waals surface area contributed by atoms with Crippen LogP contribution in [0.3, 0.4) is 0 Å². The van der Waals surface area contributed by atoms with Crippen LogP contribution in [-0.4, -0.2) is 40.1 Å². The first-order valence-electron chi connectivity index (χ1n) is 14.2. The highest BCUT2D eigenvalue weighted by Crippen LogP contribution is 2.42. The maximum atomic E-state index is 13.3. The minimum absolute atomic E-state index is 0.0361. The van der Waals surface area contributed by atoms with Gasteiger partial charge in [0.15, 0.2) is 6.61 Å². The van der Waals surface area contributed by atoms with E-state index in [1.165, 1.54) is 23.1 Å². The number of ketones is 1. The van der Waals surface area contributed by atoms with E-state index in [2.05, 4.69) is 11.9 Å². The van der Waals surface area contributed by atoms with Crippen LogP contribution in [0.15, 0.2) is 66.7 Å². The highest BCUT2D eigenvalue weighted by Gasteiger charge is 2.49. The number of halogens is 2. The summed E-state index contributed by atoms with van der Waals surface area (Å²) in [7, 11) is 0. The number of nitrogens with zero attached hydrogens (tertiary/aromatic N) is 3. The molecule has 1 aromatic heterocycles. The van der Waals surface area contributed by atoms with Crippen molar-refractivity contribution >= 4 is 69.0 Å². The quantitative estimate of drug-likeness (QED) is 0.0683. The highest BCUT2D eigenvalue weighted by atomic mass is 35.5. The molecule has 12 heteroatoms. The van der Waals surface area contributed by atoms with E-state index < -0.39 is 29.0 Å². The van der Waals surface area contributed by atoms with Gasteiger partial charge in [0.25, 0.3) is 5.69 Å². The van der Waals surface area contributed by atoms with Crippen molar-refractivity contribution in [3.63, 3.8) is 0 Å². The average molecular weight is 646 g/mol. The zero-order valence-electron chi connectivity index (χ0n) is 23.9. The van der Waals surface area contributed by atoms with E-state index in [-0.39, 0.29) is 39.8 Å². The fraction of sp³-hybridized carbons (Fsp3) is 0.242. The van der Waals surface area contributed by atoms with Gasteiger partial charge in [-0.3, -0.25) is 29.4 Å². The predicted molar refractivity (Wildman–Crippen MR) is 167 cm³/mol. The number of carbonyl (C=O) groups is 4. The Morgan fingerprint density at radius 2 is 1.71 bits per heavy atom. The number of anilines is 1. The molecule has 1 aliphatic heterocycles. The fourth-order valence-electron chi connectivity index (χ4n) is 6.06. The molecule has 0 spiro atoms. The molecule has 0 N–H and O–H groups in total. The van der Waals surface area contributed by atoms with Crippen LogP contribution in [0, 0.1) is 27.9 Å². The first kappa shape index (κ1) is 30.4. The summed E-state index contributed by atoms with van der Waals surface area (Å²) >= 11 is 12.0. The molecule has 3 unspecified atom stereocenters. The number of nitro groups is 1. The van der Waals surface area contributed by atoms with Crippen molar-refractivity contribution in [2.45, 2.75) is 26.2 Å². The summed E-state index contributed by atoms with van der Waals surface area (Å²) in [5, 5.41) is 11.8. The summed E-state index contributed by atoms with van der Waals surface area (Å²) in [6.07, 6.45) is 2.34. The third kappa shape index (κ3) is 5.79. The van der Waals surface area contributed by atoms with Gasteiger partial charge in [-0.25, -0.2) is 9.78 Å². The molecule has 2 amide bonds. The fourth-order valence-corrected chi connectivity index (χ4v) is 6.42. The molecule has 6 rings (SSSR count). The zero-order valence-corrected chi connectivity index (χ0v) is 25.4. The highest BCUT2D eigenvalue weighted by molar-refractivity contribution is 6.33. The van der Waals surface area contributed by atoms with E-state index in [9.17, 15) is 29.3 Å². The Bertz CT molecular complexity index is 1910. The van der Waals surface area contributed by atoms with Crippen LogP contribution < -0.4 is 4.90 Å². The van der Waals surface area contributed by atoms with Gasteiger partial charge in [-0.1, -0.05) is 42.3 Å². The third-order valence-electron chi connectivity index (χ3n) is 8.40. The lowest BCUT2D eigenvalue weighted by molar-refractivity contribution is -0.384. The topological polar surface area (TPSA) is 137 Å². The molecule has 3 atom stereocenters. The molecule has 2 aliphatic rings. The molecular weight excluding hydrogens is 621 g/mol. The number of pyridine rings is 1. The van der Waals surface area contributed by atoms with Crippen molar-refractivity contribution in [1.29, 1.82) is 0 Å². The normalized spacial score (nSPS) is 19.4. The molecule has 2 fully saturated rings. The number of ether oxygens (including phenoxy) is 1. The Balaban J connectivity index is 1.26. The van der Waals surface area contributed by atoms with Gasteiger partial charge >= 0.3 is 5.97 Å². The van der Waals surface area contributed by atoms with Crippen LogP contribution >= 0.6 is 23.2 Å². The van der Waals surface area contributed by atoms with Crippen LogP contribution in [-0.2, 0) is 14.3 Å². The van der Waals surface area contributed by atoms with E-state index >= 15 is 0 Å². The number of benzene rings is 3. The first-order chi connectivity index (χ1) is 21.5. The number of esters is 1. The largest absolute Gasteiger partial charge is 0.454 e. The molecule has 10 nitrogen and oxygen atoms in total. The number of amides is 2. The maximum Gasteiger partial charge on any atom is 0.339 e. The summed E-state index contributed by atoms with van der Waals surface area (Å²) in [6, 6.07) is 16.7. The van der Waals surface area contributed by atoms with Gasteiger partial charge < -0.3 is 4.74 Å². The van der Waals surface area contributed by atoms with Gasteiger partial charge in [0, 0.05) is 27.6 Å². The minimum Gasteiger partial charge on any atom is -0.454 e. The molecule has 1 saturated heterocycles. The summed E-state index contributed by atoms with van der Waals surface area (Å²) in [5.41, 5.74) is 1.56. The van der Waals surface area contributed by atoms with Crippen LogP contribution in [0.2, 0.25) is 10.0 Å². The number of nitro benzene ring substituents is 1. The lowest BCUT2D eigenvalue weighted by Gasteiger charge is -2.25. The summed E-state index contributed by atoms with van der Waals surface area (Å²) in [4.78, 5) is 68.8. The number of hydrogen-bond acceptors (Lipinski definition) is 8. The Kier molecular flexibility index (Phi) is 8.11. The molecule has 3 aromatic carbocycles. The molecule has 1 saturated carbocycles. The number of Topliss-reactive ketones (excluding diaryl/α,β-unsaturated/α-hetero) is 1. The van der Waals surface area contributed by atoms with E-state index in [0.29, 0.717) is 51.6 Å². The van der Waals surface area contributed by atoms with Crippen molar-refractivity contribution in [2.75, 3.05) is 11.5 Å². The SMILES string of the molecule is CC1CCC2C(=O)N(c3ccc(-c4cc(C(=O)OCC(=O)c5ccc(Cl)c([N+](=O)[O-])c5)c5cc(Cl)ccc5n4)cc3)C(=O)C2C1. The van der Waals surface area contributed by atoms with Gasteiger partial charge in [0.1, 0.15) is 5.02 Å². The Hall–Kier alpha value is -4.67. The van der Waals surface area contributed by atoms with E-state index in [0.717, 1.165) is 12.5 Å². The number of rotatable bonds is 7. The van der Waals surface area contributed by atoms with Crippen LogP contribution in [0.1, 0.15) is 46.9 Å². The third-order valence-corrected chi connectivity index (χ3v) is 8.95. The number of carbonyl (C=O) groups excluding carboxylic acids is 4. The smallest absolute Gasteiger partial charge is 0.339 e. The van der Waals surface area contributed by atoms with E-state index in [4.69, 9.17) is 27.9 Å². The summed E-state index contributed by atoms with van der Waals surface area (Å²) in [5.74, 6) is -1.99. The molecular formula is C33H25Cl2N3O7. The number of imide groups is 1. The lowest BCUT2D eigenvalue weighted by atomic mass is 9.76. The standard InChI is InChI=1S/C33H25Cl2N3O7/c1-17-2-9-22-24(12-17)32(41)37(31(22)40)21-7-3-18(4-8-21)28-15-25(23-14-20(34)6-11-27(23)36-28)33(42)45-16-30(39)19-5-10-26(35)29(13-19)38(43)44/h3-8,10-11,13-15,17,22,24H,2,9,12,16H2,1H3. The molecule has 4 aromatic rings. The van der Waals surface area contributed by atoms with Gasteiger partial charge in [-0.15, -0.1) is 0 Å². The van der Waals surface area contributed by atoms with Crippen molar-refractivity contribution in [2.24, 2.45) is 17.8 Å². The molecule has 0 radical (unpaired) electrons. The Morgan fingerprint density at radius 3 is 2.44 bits per heavy atom. The van der Waals surface area contributed by atoms with E-state index in [1.807, 2.05) is 0 Å². The Morgan fingerprint density at radius 1 is 0.978 bits per heavy atom. The van der Waals surface area contributed by atoms with Crippen molar-refractivity contribution in [1.82, 2.24) is 4.98 Å². The minimum atomic E-state index is -0.829. The average Bonchev–Trinajstić information content (AvgIpc) is 3.27. The number of hydrogen-bond donors (Lipinski definition) is 0. The molecule has 0 bridgehead atoms. The van der Waals surface area contributed by atoms with Gasteiger partial charge in [-0.2, -0.15) is 0 Å². The summed E-state index contributed by atoms with van der Waals surface area (Å²) < 4.78 is 5.33. The van der Waals surface area contributed by atoms with Crippen LogP contribution in [0.25, 0.3) is 22.2 Å². The zero-order chi connectivity index (χ0) is 32.0. The van der Waals surface area contributed by atoms with Gasteiger partial charge in [0.2, 0.25) is 17.6 Å². The second-order valence-electron chi connectivity index (χ2n) is 11.3. The molecule has 45 heavy (non-hydrogen) atoms. The summed E-state index contributed by atoms with van der Waals surface area (Å²) in [6.45, 7) is 1.43. The number of aromatic nitrogens is 1. The molecule has 1 aliphatic carbocycles. The monoisotopic (exact) mass is 645 g/mol. The number of fused-ring (bicyclic) bond motifs is 2. The van der Waals surface area contributed by atoms with Gasteiger partial charge in [-0.05, 0) is 73.7 Å².